The summed E-state index contributed by atoms with van der Waals surface area (Å²) in [4.78, 5) is 31.7. The molecule has 15 heteroatoms. The number of benzene rings is 2. The first kappa shape index (κ1) is 22.9. The first-order chi connectivity index (χ1) is 13.6. The number of alkyl halides is 6. The van der Waals surface area contributed by atoms with Crippen LogP contribution in [-0.2, 0) is 12.4 Å². The van der Waals surface area contributed by atoms with Crippen LogP contribution < -0.4 is 5.32 Å². The number of hydrogen-bond donors (Lipinski definition) is 1. The van der Waals surface area contributed by atoms with Crippen molar-refractivity contribution in [3.8, 4) is 0 Å². The molecule has 0 unspecified atom stereocenters. The minimum absolute atomic E-state index is 0.0995. The lowest BCUT2D eigenvalue weighted by atomic mass is 10.1. The summed E-state index contributed by atoms with van der Waals surface area (Å²) in [6.07, 6.45) is -10.0. The Bertz CT molecular complexity index is 1040. The zero-order valence-corrected chi connectivity index (χ0v) is 14.7. The Kier molecular flexibility index (Phi) is 5.93. The predicted octanol–water partition coefficient (Wildman–Crippen LogP) is 5.45. The molecule has 0 heterocycles. The van der Waals surface area contributed by atoms with Gasteiger partial charge < -0.3 is 5.32 Å². The van der Waals surface area contributed by atoms with E-state index in [1.165, 1.54) is 0 Å². The second kappa shape index (κ2) is 7.78. The van der Waals surface area contributed by atoms with E-state index >= 15 is 0 Å². The monoisotopic (exact) mass is 457 g/mol. The number of hydrogen-bond acceptors (Lipinski definition) is 5. The minimum Gasteiger partial charge on any atom is -0.310 e. The Hall–Kier alpha value is -3.42. The smallest absolute Gasteiger partial charge is 0.310 e. The topological polar surface area (TPSA) is 115 Å². The van der Waals surface area contributed by atoms with E-state index in [2.05, 4.69) is 0 Å². The van der Waals surface area contributed by atoms with Gasteiger partial charge in [0.1, 0.15) is 5.02 Å². The zero-order valence-electron chi connectivity index (χ0n) is 14.0. The van der Waals surface area contributed by atoms with Gasteiger partial charge in [-0.05, 0) is 24.3 Å². The number of nitro benzene ring substituents is 2. The summed E-state index contributed by atoms with van der Waals surface area (Å²) in [6.45, 7) is 0. The van der Waals surface area contributed by atoms with E-state index in [1.54, 1.807) is 5.32 Å². The van der Waals surface area contributed by atoms with Crippen molar-refractivity contribution in [2.24, 2.45) is 0 Å². The number of halogens is 7. The Morgan fingerprint density at radius 3 is 1.87 bits per heavy atom. The van der Waals surface area contributed by atoms with Gasteiger partial charge in [-0.2, -0.15) is 26.3 Å². The van der Waals surface area contributed by atoms with Gasteiger partial charge in [0.2, 0.25) is 5.69 Å². The largest absolute Gasteiger partial charge is 0.418 e. The third-order valence-corrected chi connectivity index (χ3v) is 4.00. The van der Waals surface area contributed by atoms with E-state index in [4.69, 9.17) is 11.6 Å². The normalized spacial score (nSPS) is 11.8. The number of rotatable bonds is 4. The highest BCUT2D eigenvalue weighted by molar-refractivity contribution is 6.34. The molecule has 0 bridgehead atoms. The fraction of sp³-hybridized carbons (Fsp3) is 0.133. The molecule has 0 aliphatic heterocycles. The molecule has 0 aliphatic rings. The Morgan fingerprint density at radius 2 is 1.47 bits per heavy atom. The lowest BCUT2D eigenvalue weighted by molar-refractivity contribution is -0.392. The van der Waals surface area contributed by atoms with Gasteiger partial charge in [-0.3, -0.25) is 25.0 Å². The van der Waals surface area contributed by atoms with Crippen molar-refractivity contribution in [2.75, 3.05) is 5.32 Å². The third kappa shape index (κ3) is 4.59. The van der Waals surface area contributed by atoms with Gasteiger partial charge in [-0.25, -0.2) is 0 Å². The quantitative estimate of drug-likeness (QED) is 0.372. The molecule has 1 N–H and O–H groups in total. The standard InChI is InChI=1S/C15H6ClF6N3O5/c16-10-8(15(20,21)22)5-9(24(27)28)11(12(10)25(29)30)23-13(26)6-1-3-7(4-2-6)14(17,18)19/h1-5H,(H,23,26). The lowest BCUT2D eigenvalue weighted by Gasteiger charge is -2.13. The van der Waals surface area contributed by atoms with Crippen molar-refractivity contribution in [1.29, 1.82) is 0 Å². The van der Waals surface area contributed by atoms with Gasteiger partial charge in [0.25, 0.3) is 5.91 Å². The molecule has 2 rings (SSSR count). The van der Waals surface area contributed by atoms with E-state index < -0.39 is 66.9 Å². The molecule has 1 amide bonds. The van der Waals surface area contributed by atoms with Gasteiger partial charge in [0.05, 0.1) is 21.0 Å². The molecule has 160 valence electrons. The molecule has 8 nitrogen and oxygen atoms in total. The van der Waals surface area contributed by atoms with E-state index in [1.807, 2.05) is 0 Å². The van der Waals surface area contributed by atoms with Crippen LogP contribution >= 0.6 is 11.6 Å². The summed E-state index contributed by atoms with van der Waals surface area (Å²) in [6, 6.07) is 2.23. The molecule has 0 aromatic heterocycles. The summed E-state index contributed by atoms with van der Waals surface area (Å²) in [5.74, 6) is -1.36. The maximum Gasteiger partial charge on any atom is 0.418 e. The molecule has 0 radical (unpaired) electrons. The van der Waals surface area contributed by atoms with Crippen LogP contribution in [0.3, 0.4) is 0 Å². The molecule has 2 aromatic carbocycles. The summed E-state index contributed by atoms with van der Waals surface area (Å²) < 4.78 is 76.8. The first-order valence-electron chi connectivity index (χ1n) is 7.35. The van der Waals surface area contributed by atoms with Crippen molar-refractivity contribution in [3.63, 3.8) is 0 Å². The highest BCUT2D eigenvalue weighted by Crippen LogP contribution is 2.47. The maximum atomic E-state index is 13.0. The van der Waals surface area contributed by atoms with E-state index in [9.17, 15) is 51.4 Å². The van der Waals surface area contributed by atoms with Gasteiger partial charge >= 0.3 is 23.7 Å². The average molecular weight is 458 g/mol. The number of nitro groups is 2. The number of nitrogens with one attached hydrogen (secondary N) is 1. The van der Waals surface area contributed by atoms with Gasteiger partial charge in [0, 0.05) is 11.6 Å². The number of nitrogens with zero attached hydrogens (tertiary/aromatic N) is 2. The number of amides is 1. The molecular weight excluding hydrogens is 452 g/mol. The number of carbonyl (C=O) groups is 1. The second-order valence-corrected chi connectivity index (χ2v) is 5.90. The molecule has 0 aliphatic carbocycles. The molecule has 0 saturated carbocycles. The summed E-state index contributed by atoms with van der Waals surface area (Å²) in [5.41, 5.74) is -7.86. The van der Waals surface area contributed by atoms with Gasteiger partial charge in [0.15, 0.2) is 0 Å². The second-order valence-electron chi connectivity index (χ2n) is 5.52. The highest BCUT2D eigenvalue weighted by atomic mass is 35.5. The van der Waals surface area contributed by atoms with E-state index in [0.29, 0.717) is 24.3 Å². The van der Waals surface area contributed by atoms with Crippen LogP contribution in [0.1, 0.15) is 21.5 Å². The van der Waals surface area contributed by atoms with Crippen LogP contribution in [0.4, 0.5) is 43.4 Å². The Morgan fingerprint density at radius 1 is 0.933 bits per heavy atom. The van der Waals surface area contributed by atoms with Crippen LogP contribution in [0, 0.1) is 20.2 Å². The molecule has 0 atom stereocenters. The number of anilines is 1. The Balaban J connectivity index is 2.60. The Labute approximate surface area is 166 Å². The van der Waals surface area contributed by atoms with E-state index in [0.717, 1.165) is 0 Å². The molecule has 0 spiro atoms. The van der Waals surface area contributed by atoms with Crippen LogP contribution in [-0.4, -0.2) is 15.8 Å². The SMILES string of the molecule is O=C(Nc1c([N+](=O)[O-])cc(C(F)(F)F)c(Cl)c1[N+](=O)[O-])c1ccc(C(F)(F)F)cc1. The highest BCUT2D eigenvalue weighted by Gasteiger charge is 2.42. The summed E-state index contributed by atoms with van der Waals surface area (Å²) >= 11 is 5.41. The molecule has 0 fully saturated rings. The summed E-state index contributed by atoms with van der Waals surface area (Å²) in [5, 5.41) is 22.5. The lowest BCUT2D eigenvalue weighted by Crippen LogP contribution is -2.17. The third-order valence-electron chi connectivity index (χ3n) is 3.62. The minimum atomic E-state index is -5.29. The van der Waals surface area contributed by atoms with Gasteiger partial charge in [-0.1, -0.05) is 11.6 Å². The molecule has 0 saturated heterocycles. The predicted molar refractivity (Wildman–Crippen MR) is 89.2 cm³/mol. The molecular formula is C15H6ClF6N3O5. The molecule has 2 aromatic rings. The van der Waals surface area contributed by atoms with Gasteiger partial charge in [-0.15, -0.1) is 0 Å². The van der Waals surface area contributed by atoms with Crippen molar-refractivity contribution in [3.05, 3.63) is 72.3 Å². The molecule has 30 heavy (non-hydrogen) atoms. The summed E-state index contributed by atoms with van der Waals surface area (Å²) in [7, 11) is 0. The van der Waals surface area contributed by atoms with Crippen LogP contribution in [0.5, 0.6) is 0 Å². The average Bonchev–Trinajstić information content (AvgIpc) is 2.59. The van der Waals surface area contributed by atoms with Crippen molar-refractivity contribution in [1.82, 2.24) is 0 Å². The first-order valence-corrected chi connectivity index (χ1v) is 7.73. The van der Waals surface area contributed by atoms with Crippen LogP contribution in [0.25, 0.3) is 0 Å². The fourth-order valence-electron chi connectivity index (χ4n) is 2.27. The van der Waals surface area contributed by atoms with Crippen molar-refractivity contribution < 1.29 is 41.0 Å². The zero-order chi connectivity index (χ0) is 23.0. The maximum absolute atomic E-state index is 13.0. The fourth-order valence-corrected chi connectivity index (χ4v) is 2.60. The van der Waals surface area contributed by atoms with Crippen LogP contribution in [0.15, 0.2) is 30.3 Å². The van der Waals surface area contributed by atoms with Crippen LogP contribution in [0.2, 0.25) is 5.02 Å². The van der Waals surface area contributed by atoms with Crippen molar-refractivity contribution in [2.45, 2.75) is 12.4 Å². The number of carbonyl (C=O) groups excluding carboxylic acids is 1. The van der Waals surface area contributed by atoms with E-state index in [-0.39, 0.29) is 6.07 Å². The van der Waals surface area contributed by atoms with Crippen molar-refractivity contribution >= 4 is 34.6 Å².